The van der Waals surface area contributed by atoms with Gasteiger partial charge in [0.05, 0.1) is 0 Å². The molecular weight excluding hydrogens is 448 g/mol. The van der Waals surface area contributed by atoms with Crippen LogP contribution in [0.25, 0.3) is 0 Å². The zero-order valence-corrected chi connectivity index (χ0v) is 22.6. The van der Waals surface area contributed by atoms with E-state index in [2.05, 4.69) is 74.5 Å². The monoisotopic (exact) mass is 490 g/mol. The van der Waals surface area contributed by atoms with Crippen molar-refractivity contribution in [2.24, 2.45) is 0 Å². The number of hydrogen-bond acceptors (Lipinski definition) is 2. The van der Waals surface area contributed by atoms with Crippen molar-refractivity contribution in [2.45, 2.75) is 71.6 Å². The van der Waals surface area contributed by atoms with E-state index in [9.17, 15) is 0 Å². The first kappa shape index (κ1) is 26.5. The minimum absolute atomic E-state index is 0.825. The normalized spacial score (nSPS) is 11.1. The molecule has 37 heavy (non-hydrogen) atoms. The first-order chi connectivity index (χ1) is 18.0. The molecule has 0 aliphatic heterocycles. The van der Waals surface area contributed by atoms with Crippen LogP contribution in [0.15, 0.2) is 84.9 Å². The van der Waals surface area contributed by atoms with Crippen LogP contribution in [0.5, 0.6) is 0 Å². The zero-order chi connectivity index (χ0) is 26.0. The number of hydrogen-bond donors (Lipinski definition) is 2. The summed E-state index contributed by atoms with van der Waals surface area (Å²) >= 11 is 0. The lowest BCUT2D eigenvalue weighted by atomic mass is 9.93. The molecule has 0 amide bonds. The van der Waals surface area contributed by atoms with E-state index in [4.69, 9.17) is 11.5 Å². The van der Waals surface area contributed by atoms with Crippen LogP contribution in [0.2, 0.25) is 0 Å². The molecule has 0 aliphatic carbocycles. The highest BCUT2D eigenvalue weighted by Gasteiger charge is 2.07. The van der Waals surface area contributed by atoms with Crippen molar-refractivity contribution < 1.29 is 0 Å². The minimum atomic E-state index is 0.825. The van der Waals surface area contributed by atoms with Crippen LogP contribution in [-0.4, -0.2) is 0 Å². The van der Waals surface area contributed by atoms with Crippen LogP contribution in [0.4, 0.5) is 11.4 Å². The van der Waals surface area contributed by atoms with Gasteiger partial charge in [-0.1, -0.05) is 80.9 Å². The van der Waals surface area contributed by atoms with Crippen LogP contribution < -0.4 is 11.5 Å². The van der Waals surface area contributed by atoms with E-state index in [0.717, 1.165) is 37.1 Å². The molecule has 0 bridgehead atoms. The molecule has 0 aromatic heterocycles. The van der Waals surface area contributed by atoms with Crippen LogP contribution in [0, 0.1) is 0 Å². The van der Waals surface area contributed by atoms with Crippen LogP contribution >= 0.6 is 0 Å². The van der Waals surface area contributed by atoms with Gasteiger partial charge >= 0.3 is 0 Å². The summed E-state index contributed by atoms with van der Waals surface area (Å²) in [5, 5.41) is 0. The predicted molar refractivity (Wildman–Crippen MR) is 160 cm³/mol. The van der Waals surface area contributed by atoms with Gasteiger partial charge in [0.2, 0.25) is 0 Å². The highest BCUT2D eigenvalue weighted by Crippen LogP contribution is 2.21. The molecule has 2 heteroatoms. The number of nitrogens with two attached hydrogens (primary N) is 2. The van der Waals surface area contributed by atoms with Gasteiger partial charge in [0.15, 0.2) is 0 Å². The number of benzene rings is 4. The van der Waals surface area contributed by atoms with Crippen molar-refractivity contribution in [3.8, 4) is 0 Å². The molecule has 0 fully saturated rings. The molecule has 0 saturated heterocycles. The lowest BCUT2D eigenvalue weighted by Gasteiger charge is -2.12. The molecule has 0 heterocycles. The van der Waals surface area contributed by atoms with Crippen molar-refractivity contribution >= 4 is 11.4 Å². The van der Waals surface area contributed by atoms with E-state index in [-0.39, 0.29) is 0 Å². The number of aryl methyl sites for hydroxylation is 4. The quantitative estimate of drug-likeness (QED) is 0.156. The van der Waals surface area contributed by atoms with Gasteiger partial charge in [0.25, 0.3) is 0 Å². The van der Waals surface area contributed by atoms with Gasteiger partial charge in [-0.2, -0.15) is 0 Å². The van der Waals surface area contributed by atoms with E-state index >= 15 is 0 Å². The summed E-state index contributed by atoms with van der Waals surface area (Å²) in [6, 6.07) is 30.6. The molecule has 192 valence electrons. The average Bonchev–Trinajstić information content (AvgIpc) is 2.92. The van der Waals surface area contributed by atoms with Gasteiger partial charge in [-0.05, 0) is 120 Å². The molecule has 0 unspecified atom stereocenters. The van der Waals surface area contributed by atoms with Crippen LogP contribution in [0.1, 0.15) is 77.6 Å². The highest BCUT2D eigenvalue weighted by molar-refractivity contribution is 5.43. The minimum Gasteiger partial charge on any atom is -0.399 e. The van der Waals surface area contributed by atoms with E-state index in [0.29, 0.717) is 0 Å². The molecule has 0 spiro atoms. The second-order valence-corrected chi connectivity index (χ2v) is 10.3. The summed E-state index contributed by atoms with van der Waals surface area (Å²) in [6.45, 7) is 4.55. The lowest BCUT2D eigenvalue weighted by Crippen LogP contribution is -1.99. The van der Waals surface area contributed by atoms with E-state index in [1.807, 2.05) is 24.3 Å². The van der Waals surface area contributed by atoms with Crippen molar-refractivity contribution in [1.82, 2.24) is 0 Å². The largest absolute Gasteiger partial charge is 0.399 e. The SMILES string of the molecule is CCc1cc(Cc2ccc(N)cc2)ccc1CCCCCc1ccc(Cc2ccc(N)cc2)cc1CC. The van der Waals surface area contributed by atoms with Gasteiger partial charge < -0.3 is 11.5 Å². The smallest absolute Gasteiger partial charge is 0.0314 e. The van der Waals surface area contributed by atoms with Gasteiger partial charge in [0.1, 0.15) is 0 Å². The summed E-state index contributed by atoms with van der Waals surface area (Å²) in [5.74, 6) is 0. The maximum atomic E-state index is 5.83. The molecule has 0 atom stereocenters. The molecule has 4 aromatic rings. The Morgan fingerprint density at radius 3 is 1.19 bits per heavy atom. The second kappa shape index (κ2) is 13.1. The van der Waals surface area contributed by atoms with Crippen LogP contribution in [0.3, 0.4) is 0 Å². The summed E-state index contributed by atoms with van der Waals surface area (Å²) in [5.41, 5.74) is 24.7. The lowest BCUT2D eigenvalue weighted by molar-refractivity contribution is 0.673. The molecule has 4 aromatic carbocycles. The van der Waals surface area contributed by atoms with E-state index in [1.54, 1.807) is 0 Å². The fourth-order valence-electron chi connectivity index (χ4n) is 5.27. The van der Waals surface area contributed by atoms with E-state index < -0.39 is 0 Å². The maximum Gasteiger partial charge on any atom is 0.0314 e. The molecule has 2 nitrogen and oxygen atoms in total. The Hall–Kier alpha value is -3.52. The Morgan fingerprint density at radius 1 is 0.432 bits per heavy atom. The third-order valence-electron chi connectivity index (χ3n) is 7.47. The Balaban J connectivity index is 1.26. The summed E-state index contributed by atoms with van der Waals surface area (Å²) in [7, 11) is 0. The summed E-state index contributed by atoms with van der Waals surface area (Å²) in [4.78, 5) is 0. The fourth-order valence-corrected chi connectivity index (χ4v) is 5.27. The first-order valence-electron chi connectivity index (χ1n) is 13.9. The number of nitrogen functional groups attached to an aromatic ring is 2. The Labute approximate surface area is 223 Å². The standard InChI is InChI=1S/C35H42N2/c1-3-30-24-28(22-26-12-18-34(36)19-13-26)10-16-32(30)8-6-5-7-9-33-17-11-29(25-31(33)4-2)23-27-14-20-35(37)21-15-27/h10-21,24-25H,3-9,22-23,36-37H2,1-2H3. The number of anilines is 2. The van der Waals surface area contributed by atoms with Gasteiger partial charge in [0, 0.05) is 11.4 Å². The third-order valence-corrected chi connectivity index (χ3v) is 7.47. The van der Waals surface area contributed by atoms with Crippen molar-refractivity contribution in [3.05, 3.63) is 129 Å². The van der Waals surface area contributed by atoms with E-state index in [1.165, 1.54) is 76.6 Å². The zero-order valence-electron chi connectivity index (χ0n) is 22.6. The van der Waals surface area contributed by atoms with Crippen molar-refractivity contribution in [3.63, 3.8) is 0 Å². The summed E-state index contributed by atoms with van der Waals surface area (Å²) in [6.07, 6.45) is 10.2. The first-order valence-corrected chi connectivity index (χ1v) is 13.9. The van der Waals surface area contributed by atoms with Gasteiger partial charge in [-0.15, -0.1) is 0 Å². The Kier molecular flexibility index (Phi) is 9.43. The maximum absolute atomic E-state index is 5.83. The molecule has 0 aliphatic rings. The number of unbranched alkanes of at least 4 members (excludes halogenated alkanes) is 2. The molecule has 0 saturated carbocycles. The Morgan fingerprint density at radius 2 is 0.811 bits per heavy atom. The highest BCUT2D eigenvalue weighted by atomic mass is 14.5. The van der Waals surface area contributed by atoms with Crippen LogP contribution in [-0.2, 0) is 38.5 Å². The average molecular weight is 491 g/mol. The molecule has 4 rings (SSSR count). The number of rotatable bonds is 12. The fraction of sp³-hybridized carbons (Fsp3) is 0.314. The molecule has 4 N–H and O–H groups in total. The van der Waals surface area contributed by atoms with Gasteiger partial charge in [-0.3, -0.25) is 0 Å². The predicted octanol–water partition coefficient (Wildman–Crippen LogP) is 8.11. The van der Waals surface area contributed by atoms with Crippen molar-refractivity contribution in [2.75, 3.05) is 11.5 Å². The van der Waals surface area contributed by atoms with Gasteiger partial charge in [-0.25, -0.2) is 0 Å². The third kappa shape index (κ3) is 7.73. The second-order valence-electron chi connectivity index (χ2n) is 10.3. The summed E-state index contributed by atoms with van der Waals surface area (Å²) < 4.78 is 0. The molecular formula is C35H42N2. The molecule has 0 radical (unpaired) electrons. The van der Waals surface area contributed by atoms with Crippen molar-refractivity contribution in [1.29, 1.82) is 0 Å². The topological polar surface area (TPSA) is 52.0 Å². The Bertz CT molecular complexity index is 1170.